The second-order valence-corrected chi connectivity index (χ2v) is 8.47. The standard InChI is InChI=1S/C22H29N3O3/c1-14-3-2-4-19-16(11-23-22(14)19)7-8-20(26)24-17-9-18(10-17)25(13-21(27)28)12-15-5-6-15/h2-4,11,15,17-18,23H,5-10,12-13H2,1H3,(H,24,26)(H,27,28). The molecular weight excluding hydrogens is 354 g/mol. The summed E-state index contributed by atoms with van der Waals surface area (Å²) in [5.74, 6) is -0.00710. The molecule has 0 spiro atoms. The van der Waals surface area contributed by atoms with Crippen molar-refractivity contribution >= 4 is 22.8 Å². The van der Waals surface area contributed by atoms with Crippen molar-refractivity contribution in [2.24, 2.45) is 5.92 Å². The highest BCUT2D eigenvalue weighted by atomic mass is 16.4. The first-order valence-corrected chi connectivity index (χ1v) is 10.3. The van der Waals surface area contributed by atoms with Crippen molar-refractivity contribution in [2.45, 2.75) is 57.5 Å². The Hall–Kier alpha value is -2.34. The fourth-order valence-corrected chi connectivity index (χ4v) is 4.27. The van der Waals surface area contributed by atoms with E-state index in [0.717, 1.165) is 31.3 Å². The Morgan fingerprint density at radius 1 is 1.29 bits per heavy atom. The minimum Gasteiger partial charge on any atom is -0.480 e. The third kappa shape index (κ3) is 4.38. The Morgan fingerprint density at radius 3 is 2.79 bits per heavy atom. The molecule has 1 aromatic heterocycles. The largest absolute Gasteiger partial charge is 0.480 e. The molecule has 0 aliphatic heterocycles. The van der Waals surface area contributed by atoms with Crippen molar-refractivity contribution in [2.75, 3.05) is 13.1 Å². The average Bonchev–Trinajstić information content (AvgIpc) is 3.32. The molecule has 2 aromatic rings. The number of carboxylic acid groups (broad SMARTS) is 1. The fraction of sp³-hybridized carbons (Fsp3) is 0.545. The minimum absolute atomic E-state index is 0.0810. The molecule has 6 heteroatoms. The molecule has 28 heavy (non-hydrogen) atoms. The number of H-pyrrole nitrogens is 1. The van der Waals surface area contributed by atoms with E-state index in [1.165, 1.54) is 29.4 Å². The Kier molecular flexibility index (Phi) is 5.40. The van der Waals surface area contributed by atoms with E-state index in [0.29, 0.717) is 18.4 Å². The molecule has 0 radical (unpaired) electrons. The van der Waals surface area contributed by atoms with Crippen LogP contribution in [0.4, 0.5) is 0 Å². The molecule has 2 saturated carbocycles. The molecular formula is C22H29N3O3. The zero-order valence-electron chi connectivity index (χ0n) is 16.4. The van der Waals surface area contributed by atoms with Crippen molar-refractivity contribution < 1.29 is 14.7 Å². The number of benzene rings is 1. The van der Waals surface area contributed by atoms with Crippen LogP contribution in [0.3, 0.4) is 0 Å². The van der Waals surface area contributed by atoms with E-state index in [1.807, 2.05) is 12.3 Å². The first-order valence-electron chi connectivity index (χ1n) is 10.3. The van der Waals surface area contributed by atoms with Crippen LogP contribution in [0, 0.1) is 12.8 Å². The maximum Gasteiger partial charge on any atom is 0.317 e. The second-order valence-electron chi connectivity index (χ2n) is 8.47. The van der Waals surface area contributed by atoms with Crippen LogP contribution in [0.5, 0.6) is 0 Å². The lowest BCUT2D eigenvalue weighted by molar-refractivity contribution is -0.140. The monoisotopic (exact) mass is 383 g/mol. The summed E-state index contributed by atoms with van der Waals surface area (Å²) in [6.45, 7) is 3.08. The smallest absolute Gasteiger partial charge is 0.317 e. The van der Waals surface area contributed by atoms with Gasteiger partial charge in [0.2, 0.25) is 5.91 Å². The summed E-state index contributed by atoms with van der Waals surface area (Å²) in [6.07, 6.45) is 7.36. The van der Waals surface area contributed by atoms with Gasteiger partial charge in [0.1, 0.15) is 0 Å². The SMILES string of the molecule is Cc1cccc2c(CCC(=O)NC3CC(N(CC(=O)O)CC4CC4)C3)c[nH]c12. The van der Waals surface area contributed by atoms with Crippen LogP contribution in [0.1, 0.15) is 43.2 Å². The van der Waals surface area contributed by atoms with Crippen LogP contribution in [-0.2, 0) is 16.0 Å². The number of hydrogen-bond acceptors (Lipinski definition) is 3. The average molecular weight is 383 g/mol. The number of aromatic nitrogens is 1. The Balaban J connectivity index is 1.23. The molecule has 2 aliphatic carbocycles. The van der Waals surface area contributed by atoms with Crippen molar-refractivity contribution in [3.63, 3.8) is 0 Å². The van der Waals surface area contributed by atoms with Crippen LogP contribution in [0.25, 0.3) is 10.9 Å². The van der Waals surface area contributed by atoms with Crippen LogP contribution < -0.4 is 5.32 Å². The Morgan fingerprint density at radius 2 is 2.07 bits per heavy atom. The van der Waals surface area contributed by atoms with Gasteiger partial charge in [0.05, 0.1) is 6.54 Å². The molecule has 0 bridgehead atoms. The van der Waals surface area contributed by atoms with Crippen LogP contribution in [0.2, 0.25) is 0 Å². The van der Waals surface area contributed by atoms with Gasteiger partial charge >= 0.3 is 5.97 Å². The van der Waals surface area contributed by atoms with Gasteiger partial charge in [0.25, 0.3) is 0 Å². The summed E-state index contributed by atoms with van der Waals surface area (Å²) in [6, 6.07) is 6.70. The number of rotatable bonds is 9. The lowest BCUT2D eigenvalue weighted by Gasteiger charge is -2.42. The van der Waals surface area contributed by atoms with Gasteiger partial charge in [-0.1, -0.05) is 18.2 Å². The van der Waals surface area contributed by atoms with E-state index in [-0.39, 0.29) is 18.5 Å². The highest BCUT2D eigenvalue weighted by molar-refractivity contribution is 5.86. The van der Waals surface area contributed by atoms with Crippen LogP contribution in [0.15, 0.2) is 24.4 Å². The normalized spacial score (nSPS) is 21.6. The molecule has 2 fully saturated rings. The molecule has 1 heterocycles. The summed E-state index contributed by atoms with van der Waals surface area (Å²) < 4.78 is 0. The topological polar surface area (TPSA) is 85.4 Å². The quantitative estimate of drug-likeness (QED) is 0.622. The number of aliphatic carboxylic acids is 1. The number of amides is 1. The zero-order chi connectivity index (χ0) is 19.7. The Labute approximate surface area is 165 Å². The predicted molar refractivity (Wildman–Crippen MR) is 108 cm³/mol. The van der Waals surface area contributed by atoms with E-state index < -0.39 is 5.97 Å². The molecule has 1 aromatic carbocycles. The van der Waals surface area contributed by atoms with E-state index in [1.54, 1.807) is 0 Å². The number of nitrogens with zero attached hydrogens (tertiary/aromatic N) is 1. The van der Waals surface area contributed by atoms with Gasteiger partial charge in [0.15, 0.2) is 0 Å². The number of aryl methyl sites for hydroxylation is 2. The summed E-state index contributed by atoms with van der Waals surface area (Å²) in [5, 5.41) is 13.5. The number of carbonyl (C=O) groups excluding carboxylic acids is 1. The third-order valence-electron chi connectivity index (χ3n) is 6.15. The maximum atomic E-state index is 12.4. The zero-order valence-corrected chi connectivity index (χ0v) is 16.4. The van der Waals surface area contributed by atoms with Crippen molar-refractivity contribution in [1.82, 2.24) is 15.2 Å². The van der Waals surface area contributed by atoms with Crippen molar-refractivity contribution in [3.8, 4) is 0 Å². The van der Waals surface area contributed by atoms with Gasteiger partial charge < -0.3 is 15.4 Å². The van der Waals surface area contributed by atoms with Crippen LogP contribution in [-0.4, -0.2) is 52.0 Å². The van der Waals surface area contributed by atoms with Crippen molar-refractivity contribution in [1.29, 1.82) is 0 Å². The number of aromatic amines is 1. The van der Waals surface area contributed by atoms with Gasteiger partial charge in [-0.15, -0.1) is 0 Å². The van der Waals surface area contributed by atoms with E-state index in [9.17, 15) is 9.59 Å². The first-order chi connectivity index (χ1) is 13.5. The molecule has 2 aliphatic rings. The van der Waals surface area contributed by atoms with Gasteiger partial charge in [-0.25, -0.2) is 0 Å². The fourth-order valence-electron chi connectivity index (χ4n) is 4.27. The van der Waals surface area contributed by atoms with Crippen LogP contribution >= 0.6 is 0 Å². The Bertz CT molecular complexity index is 865. The lowest BCUT2D eigenvalue weighted by Crippen LogP contribution is -2.55. The predicted octanol–water partition coefficient (Wildman–Crippen LogP) is 2.85. The number of hydrogen-bond donors (Lipinski definition) is 3. The summed E-state index contributed by atoms with van der Waals surface area (Å²) in [5.41, 5.74) is 3.54. The molecule has 0 unspecified atom stereocenters. The van der Waals surface area contributed by atoms with E-state index >= 15 is 0 Å². The van der Waals surface area contributed by atoms with Crippen molar-refractivity contribution in [3.05, 3.63) is 35.5 Å². The third-order valence-corrected chi connectivity index (χ3v) is 6.15. The second kappa shape index (κ2) is 7.95. The summed E-state index contributed by atoms with van der Waals surface area (Å²) >= 11 is 0. The first kappa shape index (κ1) is 19.0. The molecule has 6 nitrogen and oxygen atoms in total. The van der Waals surface area contributed by atoms with E-state index in [2.05, 4.69) is 34.3 Å². The molecule has 0 saturated heterocycles. The number of carboxylic acids is 1. The molecule has 1 amide bonds. The van der Waals surface area contributed by atoms with Gasteiger partial charge in [-0.05, 0) is 56.1 Å². The highest BCUT2D eigenvalue weighted by Gasteiger charge is 2.37. The molecule has 3 N–H and O–H groups in total. The summed E-state index contributed by atoms with van der Waals surface area (Å²) in [7, 11) is 0. The van der Waals surface area contributed by atoms with Gasteiger partial charge in [-0.2, -0.15) is 0 Å². The number of para-hydroxylation sites is 1. The number of fused-ring (bicyclic) bond motifs is 1. The minimum atomic E-state index is -0.762. The molecule has 4 rings (SSSR count). The molecule has 150 valence electrons. The summed E-state index contributed by atoms with van der Waals surface area (Å²) in [4.78, 5) is 28.9. The van der Waals surface area contributed by atoms with Gasteiger partial charge in [0, 0.05) is 42.1 Å². The van der Waals surface area contributed by atoms with Gasteiger partial charge in [-0.3, -0.25) is 14.5 Å². The molecule has 0 atom stereocenters. The van der Waals surface area contributed by atoms with E-state index in [4.69, 9.17) is 5.11 Å². The highest BCUT2D eigenvalue weighted by Crippen LogP contribution is 2.33. The number of nitrogens with one attached hydrogen (secondary N) is 2. The maximum absolute atomic E-state index is 12.4. The lowest BCUT2D eigenvalue weighted by atomic mass is 9.85. The number of carbonyl (C=O) groups is 2.